The predicted octanol–water partition coefficient (Wildman–Crippen LogP) is 6.93. The molecule has 1 unspecified atom stereocenters. The first-order chi connectivity index (χ1) is 15.6. The molecule has 0 fully saturated rings. The average Bonchev–Trinajstić information content (AvgIpc) is 2.76. The molecule has 3 aromatic carbocycles. The third kappa shape index (κ3) is 5.32. The maximum Gasteiger partial charge on any atom is 0.264 e. The molecule has 1 aliphatic rings. The van der Waals surface area contributed by atoms with E-state index >= 15 is 0 Å². The fraction of sp³-hybridized carbons (Fsp3) is 0.240. The molecule has 3 nitrogen and oxygen atoms in total. The molecular formula is C25H22BrClFNO2S2. The summed E-state index contributed by atoms with van der Waals surface area (Å²) < 4.78 is 43.0. The highest BCUT2D eigenvalue weighted by Crippen LogP contribution is 2.35. The van der Waals surface area contributed by atoms with E-state index in [1.807, 2.05) is 25.1 Å². The fourth-order valence-electron chi connectivity index (χ4n) is 4.12. The van der Waals surface area contributed by atoms with Crippen LogP contribution in [-0.4, -0.2) is 19.3 Å². The van der Waals surface area contributed by atoms with Crippen LogP contribution in [0.4, 0.5) is 10.1 Å². The van der Waals surface area contributed by atoms with Crippen LogP contribution >= 0.6 is 39.7 Å². The summed E-state index contributed by atoms with van der Waals surface area (Å²) in [6.07, 6.45) is 2.41. The van der Waals surface area contributed by atoms with Crippen LogP contribution in [0.2, 0.25) is 5.02 Å². The standard InChI is InChI=1S/C25H22BrClFNO2S2/c1-16-2-5-19-13-21(28)8-11-25(19)29(16)33(30,31)23-9-3-17(4-10-23)12-22(32)14-18-6-7-20(26)15-24(18)27/h3-4,6-11,13,15-16H,2,5,12,14H2,1H3. The van der Waals surface area contributed by atoms with Crippen molar-refractivity contribution < 1.29 is 12.8 Å². The summed E-state index contributed by atoms with van der Waals surface area (Å²) in [5.74, 6) is -0.356. The molecule has 4 rings (SSSR count). The van der Waals surface area contributed by atoms with Crippen LogP contribution in [0, 0.1) is 5.82 Å². The largest absolute Gasteiger partial charge is 0.264 e. The molecule has 0 saturated heterocycles. The minimum atomic E-state index is -3.78. The van der Waals surface area contributed by atoms with E-state index in [1.165, 1.54) is 16.4 Å². The van der Waals surface area contributed by atoms with Gasteiger partial charge in [0.05, 0.1) is 10.6 Å². The third-order valence-electron chi connectivity index (χ3n) is 5.79. The predicted molar refractivity (Wildman–Crippen MR) is 139 cm³/mol. The third-order valence-corrected chi connectivity index (χ3v) is 8.87. The van der Waals surface area contributed by atoms with Gasteiger partial charge in [-0.25, -0.2) is 12.8 Å². The minimum Gasteiger partial charge on any atom is -0.263 e. The summed E-state index contributed by atoms with van der Waals surface area (Å²) >= 11 is 15.3. The number of nitrogens with zero attached hydrogens (tertiary/aromatic N) is 1. The van der Waals surface area contributed by atoms with Gasteiger partial charge in [-0.2, -0.15) is 0 Å². The minimum absolute atomic E-state index is 0.206. The van der Waals surface area contributed by atoms with Gasteiger partial charge in [-0.15, -0.1) is 0 Å². The SMILES string of the molecule is CC1CCc2cc(F)ccc2N1S(=O)(=O)c1ccc(CC(=S)Cc2ccc(Br)cc2Cl)cc1. The first kappa shape index (κ1) is 24.3. The van der Waals surface area contributed by atoms with Gasteiger partial charge in [-0.05, 0) is 78.9 Å². The summed E-state index contributed by atoms with van der Waals surface area (Å²) in [6, 6.07) is 16.6. The van der Waals surface area contributed by atoms with Gasteiger partial charge >= 0.3 is 0 Å². The van der Waals surface area contributed by atoms with E-state index in [4.69, 9.17) is 23.8 Å². The molecule has 0 aromatic heterocycles. The monoisotopic (exact) mass is 565 g/mol. The van der Waals surface area contributed by atoms with Crippen molar-refractivity contribution in [1.82, 2.24) is 0 Å². The van der Waals surface area contributed by atoms with Crippen molar-refractivity contribution in [3.8, 4) is 0 Å². The molecule has 0 bridgehead atoms. The van der Waals surface area contributed by atoms with Crippen LogP contribution in [0.15, 0.2) is 70.0 Å². The Morgan fingerprint density at radius 2 is 1.85 bits per heavy atom. The Labute approximate surface area is 212 Å². The van der Waals surface area contributed by atoms with Gasteiger partial charge < -0.3 is 0 Å². The fourth-order valence-corrected chi connectivity index (χ4v) is 6.90. The second-order valence-corrected chi connectivity index (χ2v) is 11.9. The number of fused-ring (bicyclic) bond motifs is 1. The molecule has 0 N–H and O–H groups in total. The molecule has 0 saturated carbocycles. The molecule has 33 heavy (non-hydrogen) atoms. The smallest absolute Gasteiger partial charge is 0.263 e. The number of halogens is 3. The second kappa shape index (κ2) is 9.82. The number of hydrogen-bond donors (Lipinski definition) is 0. The lowest BCUT2D eigenvalue weighted by atomic mass is 9.99. The summed E-state index contributed by atoms with van der Waals surface area (Å²) in [6.45, 7) is 1.88. The maximum atomic E-state index is 13.7. The summed E-state index contributed by atoms with van der Waals surface area (Å²) in [4.78, 5) is 1.02. The van der Waals surface area contributed by atoms with Gasteiger partial charge in [0.15, 0.2) is 0 Å². The van der Waals surface area contributed by atoms with Crippen molar-refractivity contribution in [1.29, 1.82) is 0 Å². The molecular weight excluding hydrogens is 545 g/mol. The van der Waals surface area contributed by atoms with Gasteiger partial charge in [0.2, 0.25) is 0 Å². The highest BCUT2D eigenvalue weighted by atomic mass is 79.9. The second-order valence-electron chi connectivity index (χ2n) is 8.23. The van der Waals surface area contributed by atoms with E-state index < -0.39 is 10.0 Å². The molecule has 0 amide bonds. The Kier molecular flexibility index (Phi) is 7.24. The zero-order chi connectivity index (χ0) is 23.8. The molecule has 8 heteroatoms. The quantitative estimate of drug-likeness (QED) is 0.304. The van der Waals surface area contributed by atoms with E-state index in [2.05, 4.69) is 15.9 Å². The number of sulfonamides is 1. The van der Waals surface area contributed by atoms with Crippen LogP contribution < -0.4 is 4.31 Å². The van der Waals surface area contributed by atoms with Crippen molar-refractivity contribution in [2.24, 2.45) is 0 Å². The van der Waals surface area contributed by atoms with Crippen molar-refractivity contribution in [2.45, 2.75) is 43.5 Å². The Morgan fingerprint density at radius 3 is 2.55 bits per heavy atom. The summed E-state index contributed by atoms with van der Waals surface area (Å²) in [7, 11) is -3.78. The lowest BCUT2D eigenvalue weighted by Gasteiger charge is -2.36. The lowest BCUT2D eigenvalue weighted by molar-refractivity contribution is 0.560. The summed E-state index contributed by atoms with van der Waals surface area (Å²) in [5.41, 5.74) is 3.15. The number of rotatable bonds is 6. The maximum absolute atomic E-state index is 13.7. The topological polar surface area (TPSA) is 37.4 Å². The Bertz CT molecular complexity index is 1310. The van der Waals surface area contributed by atoms with Gasteiger partial charge in [0.1, 0.15) is 5.82 Å². The van der Waals surface area contributed by atoms with E-state index in [0.29, 0.717) is 42.0 Å². The van der Waals surface area contributed by atoms with Crippen LogP contribution in [-0.2, 0) is 29.3 Å². The Balaban J connectivity index is 1.52. The zero-order valence-corrected chi connectivity index (χ0v) is 21.9. The number of benzene rings is 3. The van der Waals surface area contributed by atoms with E-state index in [-0.39, 0.29) is 16.8 Å². The molecule has 0 aliphatic carbocycles. The normalized spacial score (nSPS) is 15.9. The van der Waals surface area contributed by atoms with Crippen LogP contribution in [0.25, 0.3) is 0 Å². The number of aryl methyl sites for hydroxylation is 1. The van der Waals surface area contributed by atoms with Crippen molar-refractivity contribution in [2.75, 3.05) is 4.31 Å². The average molecular weight is 567 g/mol. The Hall–Kier alpha value is -1.80. The molecule has 1 atom stereocenters. The molecule has 3 aromatic rings. The van der Waals surface area contributed by atoms with E-state index in [1.54, 1.807) is 30.3 Å². The van der Waals surface area contributed by atoms with Gasteiger partial charge in [-0.1, -0.05) is 57.9 Å². The van der Waals surface area contributed by atoms with Crippen molar-refractivity contribution >= 4 is 60.3 Å². The number of hydrogen-bond acceptors (Lipinski definition) is 3. The van der Waals surface area contributed by atoms with E-state index in [0.717, 1.165) is 20.5 Å². The Morgan fingerprint density at radius 1 is 1.12 bits per heavy atom. The highest BCUT2D eigenvalue weighted by molar-refractivity contribution is 9.10. The number of anilines is 1. The van der Waals surface area contributed by atoms with Crippen LogP contribution in [0.3, 0.4) is 0 Å². The highest BCUT2D eigenvalue weighted by Gasteiger charge is 2.34. The van der Waals surface area contributed by atoms with Gasteiger partial charge in [0, 0.05) is 33.2 Å². The zero-order valence-electron chi connectivity index (χ0n) is 17.9. The van der Waals surface area contributed by atoms with Gasteiger partial charge in [-0.3, -0.25) is 4.31 Å². The van der Waals surface area contributed by atoms with Crippen molar-refractivity contribution in [3.63, 3.8) is 0 Å². The van der Waals surface area contributed by atoms with Crippen LogP contribution in [0.5, 0.6) is 0 Å². The lowest BCUT2D eigenvalue weighted by Crippen LogP contribution is -2.42. The first-order valence-corrected chi connectivity index (χ1v) is 13.5. The van der Waals surface area contributed by atoms with E-state index in [9.17, 15) is 12.8 Å². The van der Waals surface area contributed by atoms with Gasteiger partial charge in [0.25, 0.3) is 10.0 Å². The van der Waals surface area contributed by atoms with Crippen LogP contribution in [0.1, 0.15) is 30.0 Å². The van der Waals surface area contributed by atoms with Crippen molar-refractivity contribution in [3.05, 3.63) is 92.7 Å². The molecule has 0 radical (unpaired) electrons. The summed E-state index contributed by atoms with van der Waals surface area (Å²) in [5, 5.41) is 0.656. The molecule has 172 valence electrons. The number of thiocarbonyl (C=S) groups is 1. The molecule has 1 aliphatic heterocycles. The molecule has 0 spiro atoms. The molecule has 1 heterocycles. The first-order valence-electron chi connectivity index (χ1n) is 10.5.